The summed E-state index contributed by atoms with van der Waals surface area (Å²) in [4.78, 5) is 25.8. The van der Waals surface area contributed by atoms with Gasteiger partial charge >= 0.3 is 0 Å². The first-order valence-corrected chi connectivity index (χ1v) is 10.9. The molecule has 0 aliphatic rings. The topological polar surface area (TPSA) is 67.4 Å². The van der Waals surface area contributed by atoms with Gasteiger partial charge in [-0.2, -0.15) is 0 Å². The summed E-state index contributed by atoms with van der Waals surface area (Å²) >= 11 is 0. The number of hydrogen-bond acceptors (Lipinski definition) is 3. The molecule has 0 heterocycles. The van der Waals surface area contributed by atoms with Crippen LogP contribution in [0.4, 0.5) is 5.69 Å². The second kappa shape index (κ2) is 10.0. The van der Waals surface area contributed by atoms with Crippen LogP contribution < -0.4 is 15.4 Å². The van der Waals surface area contributed by atoms with Crippen molar-refractivity contribution in [3.63, 3.8) is 0 Å². The average Bonchev–Trinajstić information content (AvgIpc) is 2.84. The number of amides is 2. The first-order valence-electron chi connectivity index (χ1n) is 10.9. The van der Waals surface area contributed by atoms with Crippen LogP contribution in [0.25, 0.3) is 10.8 Å². The van der Waals surface area contributed by atoms with Crippen molar-refractivity contribution in [3.05, 3.63) is 108 Å². The van der Waals surface area contributed by atoms with E-state index in [1.807, 2.05) is 79.7 Å². The van der Waals surface area contributed by atoms with E-state index in [2.05, 4.69) is 10.6 Å². The van der Waals surface area contributed by atoms with Crippen molar-refractivity contribution in [2.24, 2.45) is 0 Å². The first kappa shape index (κ1) is 22.1. The molecule has 0 aliphatic carbocycles. The molecule has 2 atom stereocenters. The van der Waals surface area contributed by atoms with Gasteiger partial charge < -0.3 is 15.4 Å². The minimum atomic E-state index is -0.745. The third kappa shape index (κ3) is 5.39. The lowest BCUT2D eigenvalue weighted by atomic mass is 10.1. The summed E-state index contributed by atoms with van der Waals surface area (Å²) in [5.74, 6) is 0.0175. The summed E-state index contributed by atoms with van der Waals surface area (Å²) in [6.07, 6.45) is -0.745. The molecule has 2 amide bonds. The van der Waals surface area contributed by atoms with Gasteiger partial charge in [0, 0.05) is 0 Å². The van der Waals surface area contributed by atoms with E-state index in [1.54, 1.807) is 31.2 Å². The summed E-state index contributed by atoms with van der Waals surface area (Å²) in [5.41, 5.74) is 1.84. The van der Waals surface area contributed by atoms with Gasteiger partial charge in [-0.15, -0.1) is 0 Å². The van der Waals surface area contributed by atoms with Crippen LogP contribution in [-0.4, -0.2) is 17.9 Å². The number of carbonyl (C=O) groups is 2. The van der Waals surface area contributed by atoms with E-state index in [1.165, 1.54) is 0 Å². The number of anilines is 1. The molecule has 0 aromatic heterocycles. The van der Waals surface area contributed by atoms with Crippen LogP contribution in [0.5, 0.6) is 5.75 Å². The van der Waals surface area contributed by atoms with Crippen LogP contribution in [-0.2, 0) is 4.79 Å². The maximum Gasteiger partial charge on any atom is 0.265 e. The predicted octanol–water partition coefficient (Wildman–Crippen LogP) is 5.74. The lowest BCUT2D eigenvalue weighted by Crippen LogP contribution is -2.32. The highest BCUT2D eigenvalue weighted by Gasteiger charge is 2.19. The maximum atomic E-state index is 12.9. The minimum absolute atomic E-state index is 0.169. The molecule has 0 spiro atoms. The molecule has 0 bridgehead atoms. The van der Waals surface area contributed by atoms with E-state index in [9.17, 15) is 9.59 Å². The first-order chi connectivity index (χ1) is 16.0. The van der Waals surface area contributed by atoms with Crippen molar-refractivity contribution in [2.75, 3.05) is 5.32 Å². The smallest absolute Gasteiger partial charge is 0.265 e. The van der Waals surface area contributed by atoms with Gasteiger partial charge in [-0.1, -0.05) is 72.8 Å². The molecule has 5 nitrogen and oxygen atoms in total. The third-order valence-electron chi connectivity index (χ3n) is 5.48. The van der Waals surface area contributed by atoms with Crippen LogP contribution in [0.2, 0.25) is 0 Å². The molecule has 2 N–H and O–H groups in total. The molecule has 0 aliphatic heterocycles. The molecule has 4 rings (SSSR count). The molecule has 0 unspecified atom stereocenters. The number of hydrogen-bond donors (Lipinski definition) is 2. The maximum absolute atomic E-state index is 12.9. The number of rotatable bonds is 7. The molecular weight excluding hydrogens is 412 g/mol. The number of para-hydroxylation sites is 1. The zero-order chi connectivity index (χ0) is 23.2. The molecule has 0 saturated heterocycles. The Hall–Kier alpha value is -4.12. The number of ether oxygens (including phenoxy) is 1. The molecular formula is C28H26N2O3. The Balaban J connectivity index is 1.43. The van der Waals surface area contributed by atoms with Gasteiger partial charge in [-0.25, -0.2) is 0 Å². The Morgan fingerprint density at radius 3 is 2.21 bits per heavy atom. The normalized spacial score (nSPS) is 12.5. The van der Waals surface area contributed by atoms with Crippen molar-refractivity contribution in [1.29, 1.82) is 0 Å². The van der Waals surface area contributed by atoms with Crippen molar-refractivity contribution in [1.82, 2.24) is 5.32 Å². The predicted molar refractivity (Wildman–Crippen MR) is 131 cm³/mol. The second-order valence-electron chi connectivity index (χ2n) is 7.91. The summed E-state index contributed by atoms with van der Waals surface area (Å²) in [7, 11) is 0. The highest BCUT2D eigenvalue weighted by molar-refractivity contribution is 6.04. The molecule has 0 fully saturated rings. The lowest BCUT2D eigenvalue weighted by molar-refractivity contribution is -0.122. The molecule has 33 heavy (non-hydrogen) atoms. The minimum Gasteiger partial charge on any atom is -0.481 e. The molecule has 166 valence electrons. The van der Waals surface area contributed by atoms with Crippen LogP contribution in [0.15, 0.2) is 97.1 Å². The molecule has 4 aromatic rings. The van der Waals surface area contributed by atoms with Gasteiger partial charge in [-0.3, -0.25) is 9.59 Å². The largest absolute Gasteiger partial charge is 0.481 e. The summed E-state index contributed by atoms with van der Waals surface area (Å²) < 4.78 is 5.87. The molecule has 0 radical (unpaired) electrons. The quantitative estimate of drug-likeness (QED) is 0.387. The van der Waals surface area contributed by atoms with E-state index in [0.717, 1.165) is 16.3 Å². The van der Waals surface area contributed by atoms with Gasteiger partial charge in [0.2, 0.25) is 0 Å². The number of nitrogens with one attached hydrogen (secondary N) is 2. The van der Waals surface area contributed by atoms with Gasteiger partial charge in [-0.05, 0) is 54.4 Å². The average molecular weight is 439 g/mol. The number of fused-ring (bicyclic) bond motifs is 1. The fraction of sp³-hybridized carbons (Fsp3) is 0.143. The zero-order valence-electron chi connectivity index (χ0n) is 18.6. The SMILES string of the molecule is C[C@@H](Oc1ccc2ccccc2c1)C(=O)Nc1ccccc1C(=O)N[C@H](C)c1ccccc1. The second-order valence-corrected chi connectivity index (χ2v) is 7.91. The third-order valence-corrected chi connectivity index (χ3v) is 5.48. The zero-order valence-corrected chi connectivity index (χ0v) is 18.6. The lowest BCUT2D eigenvalue weighted by Gasteiger charge is -2.18. The highest BCUT2D eigenvalue weighted by Crippen LogP contribution is 2.22. The van der Waals surface area contributed by atoms with Crippen LogP contribution in [0.3, 0.4) is 0 Å². The van der Waals surface area contributed by atoms with E-state index >= 15 is 0 Å². The van der Waals surface area contributed by atoms with Crippen molar-refractivity contribution in [3.8, 4) is 5.75 Å². The summed E-state index contributed by atoms with van der Waals surface area (Å²) in [6, 6.07) is 30.2. The summed E-state index contributed by atoms with van der Waals surface area (Å²) in [6.45, 7) is 3.61. The van der Waals surface area contributed by atoms with Gasteiger partial charge in [0.05, 0.1) is 17.3 Å². The van der Waals surface area contributed by atoms with Gasteiger partial charge in [0.25, 0.3) is 11.8 Å². The number of carbonyl (C=O) groups excluding carboxylic acids is 2. The fourth-order valence-corrected chi connectivity index (χ4v) is 3.62. The molecule has 4 aromatic carbocycles. The fourth-order valence-electron chi connectivity index (χ4n) is 3.62. The van der Waals surface area contributed by atoms with Crippen molar-refractivity contribution >= 4 is 28.3 Å². The Morgan fingerprint density at radius 1 is 0.758 bits per heavy atom. The van der Waals surface area contributed by atoms with Crippen LogP contribution in [0, 0.1) is 0 Å². The van der Waals surface area contributed by atoms with Crippen LogP contribution >= 0.6 is 0 Å². The Morgan fingerprint density at radius 2 is 1.42 bits per heavy atom. The number of benzene rings is 4. The monoisotopic (exact) mass is 438 g/mol. The summed E-state index contributed by atoms with van der Waals surface area (Å²) in [5, 5.41) is 7.97. The van der Waals surface area contributed by atoms with Gasteiger partial charge in [0.1, 0.15) is 5.75 Å². The van der Waals surface area contributed by atoms with Crippen molar-refractivity contribution in [2.45, 2.75) is 26.0 Å². The Labute approximate surface area is 193 Å². The van der Waals surface area contributed by atoms with Crippen molar-refractivity contribution < 1.29 is 14.3 Å². The van der Waals surface area contributed by atoms with E-state index in [4.69, 9.17) is 4.74 Å². The van der Waals surface area contributed by atoms with E-state index < -0.39 is 6.10 Å². The van der Waals surface area contributed by atoms with E-state index in [-0.39, 0.29) is 17.9 Å². The molecule has 0 saturated carbocycles. The standard InChI is InChI=1S/C28H26N2O3/c1-19(21-10-4-3-5-11-21)29-28(32)25-14-8-9-15-26(25)30-27(31)20(2)33-24-17-16-22-12-6-7-13-23(22)18-24/h3-20H,1-2H3,(H,29,32)(H,30,31)/t19-,20-/m1/s1. The Kier molecular flexibility index (Phi) is 6.69. The van der Waals surface area contributed by atoms with E-state index in [0.29, 0.717) is 17.0 Å². The van der Waals surface area contributed by atoms with Gasteiger partial charge in [0.15, 0.2) is 6.10 Å². The Bertz CT molecular complexity index is 1270. The highest BCUT2D eigenvalue weighted by atomic mass is 16.5. The van der Waals surface area contributed by atoms with Crippen LogP contribution in [0.1, 0.15) is 35.8 Å². The molecule has 5 heteroatoms.